The molecule has 1 aromatic carbocycles. The van der Waals surface area contributed by atoms with E-state index >= 15 is 0 Å². The zero-order valence-corrected chi connectivity index (χ0v) is 16.9. The van der Waals surface area contributed by atoms with Gasteiger partial charge >= 0.3 is 6.09 Å². The molecule has 0 radical (unpaired) electrons. The second-order valence-corrected chi connectivity index (χ2v) is 8.34. The van der Waals surface area contributed by atoms with Crippen LogP contribution in [0.4, 0.5) is 4.79 Å². The van der Waals surface area contributed by atoms with Gasteiger partial charge in [-0.2, -0.15) is 0 Å². The number of rotatable bonds is 4. The minimum Gasteiger partial charge on any atom is -0.444 e. The fraction of sp³-hybridized carbons (Fsp3) is 0.571. The van der Waals surface area contributed by atoms with Gasteiger partial charge < -0.3 is 9.64 Å². The summed E-state index contributed by atoms with van der Waals surface area (Å²) in [7, 11) is 0. The molecule has 2 aliphatic rings. The van der Waals surface area contributed by atoms with Crippen molar-refractivity contribution in [3.8, 4) is 0 Å². The SMILES string of the molecule is CC(C)(C)OC(=O)N1CCN(C2CC(=O)N(CCc3ccccc3)C2=O)CC1. The van der Waals surface area contributed by atoms with Gasteiger partial charge in [0.05, 0.1) is 12.5 Å². The van der Waals surface area contributed by atoms with E-state index in [0.717, 1.165) is 5.56 Å². The van der Waals surface area contributed by atoms with Crippen molar-refractivity contribution in [3.05, 3.63) is 35.9 Å². The molecule has 0 spiro atoms. The van der Waals surface area contributed by atoms with Gasteiger partial charge in [-0.25, -0.2) is 4.79 Å². The lowest BCUT2D eigenvalue weighted by molar-refractivity contribution is -0.139. The molecule has 0 saturated carbocycles. The average molecular weight is 387 g/mol. The van der Waals surface area contributed by atoms with E-state index < -0.39 is 11.6 Å². The summed E-state index contributed by atoms with van der Waals surface area (Å²) in [4.78, 5) is 42.4. The van der Waals surface area contributed by atoms with E-state index in [4.69, 9.17) is 4.74 Å². The Morgan fingerprint density at radius 1 is 1.07 bits per heavy atom. The number of likely N-dealkylation sites (tertiary alicyclic amines) is 1. The average Bonchev–Trinajstić information content (AvgIpc) is 2.93. The van der Waals surface area contributed by atoms with E-state index in [0.29, 0.717) is 39.1 Å². The quantitative estimate of drug-likeness (QED) is 0.738. The fourth-order valence-corrected chi connectivity index (χ4v) is 3.61. The first-order valence-corrected chi connectivity index (χ1v) is 9.85. The minimum atomic E-state index is -0.526. The Labute approximate surface area is 166 Å². The summed E-state index contributed by atoms with van der Waals surface area (Å²) < 4.78 is 5.41. The molecule has 7 nitrogen and oxygen atoms in total. The van der Waals surface area contributed by atoms with Crippen molar-refractivity contribution in [2.75, 3.05) is 32.7 Å². The Morgan fingerprint density at radius 2 is 1.71 bits per heavy atom. The van der Waals surface area contributed by atoms with E-state index in [1.54, 1.807) is 4.90 Å². The van der Waals surface area contributed by atoms with Crippen LogP contribution in [0.1, 0.15) is 32.8 Å². The zero-order chi connectivity index (χ0) is 20.3. The Balaban J connectivity index is 1.52. The molecule has 0 aromatic heterocycles. The number of hydrogen-bond donors (Lipinski definition) is 0. The predicted octanol–water partition coefficient (Wildman–Crippen LogP) is 1.91. The first kappa shape index (κ1) is 20.3. The van der Waals surface area contributed by atoms with Crippen LogP contribution < -0.4 is 0 Å². The summed E-state index contributed by atoms with van der Waals surface area (Å²) in [5.74, 6) is -0.229. The van der Waals surface area contributed by atoms with E-state index in [2.05, 4.69) is 0 Å². The van der Waals surface area contributed by atoms with Crippen molar-refractivity contribution in [1.82, 2.24) is 14.7 Å². The highest BCUT2D eigenvalue weighted by atomic mass is 16.6. The smallest absolute Gasteiger partial charge is 0.410 e. The molecular formula is C21H29N3O4. The second-order valence-electron chi connectivity index (χ2n) is 8.34. The van der Waals surface area contributed by atoms with Crippen molar-refractivity contribution in [3.63, 3.8) is 0 Å². The number of piperazine rings is 1. The van der Waals surface area contributed by atoms with E-state index in [1.807, 2.05) is 56.0 Å². The molecule has 28 heavy (non-hydrogen) atoms. The van der Waals surface area contributed by atoms with Crippen LogP contribution in [-0.4, -0.2) is 77.0 Å². The highest BCUT2D eigenvalue weighted by molar-refractivity contribution is 6.05. The predicted molar refractivity (Wildman–Crippen MR) is 105 cm³/mol. The van der Waals surface area contributed by atoms with E-state index in [-0.39, 0.29) is 24.3 Å². The van der Waals surface area contributed by atoms with Crippen LogP contribution in [0.5, 0.6) is 0 Å². The monoisotopic (exact) mass is 387 g/mol. The summed E-state index contributed by atoms with van der Waals surface area (Å²) in [6.07, 6.45) is 0.558. The van der Waals surface area contributed by atoms with Gasteiger partial charge in [-0.1, -0.05) is 30.3 Å². The molecule has 0 aliphatic carbocycles. The lowest BCUT2D eigenvalue weighted by Crippen LogP contribution is -2.54. The van der Waals surface area contributed by atoms with E-state index in [9.17, 15) is 14.4 Å². The number of ether oxygens (including phenoxy) is 1. The van der Waals surface area contributed by atoms with Crippen molar-refractivity contribution in [2.45, 2.75) is 45.3 Å². The normalized spacial score (nSPS) is 21.3. The van der Waals surface area contributed by atoms with Crippen LogP contribution in [0, 0.1) is 0 Å². The van der Waals surface area contributed by atoms with Crippen molar-refractivity contribution in [1.29, 1.82) is 0 Å². The fourth-order valence-electron chi connectivity index (χ4n) is 3.61. The van der Waals surface area contributed by atoms with Crippen molar-refractivity contribution in [2.24, 2.45) is 0 Å². The number of amides is 3. The molecule has 2 aliphatic heterocycles. The van der Waals surface area contributed by atoms with Gasteiger partial charge in [0.25, 0.3) is 0 Å². The molecule has 1 atom stereocenters. The lowest BCUT2D eigenvalue weighted by atomic mass is 10.1. The number of carbonyl (C=O) groups excluding carboxylic acids is 3. The Morgan fingerprint density at radius 3 is 2.32 bits per heavy atom. The van der Waals surface area contributed by atoms with Crippen LogP contribution >= 0.6 is 0 Å². The minimum absolute atomic E-state index is 0.111. The van der Waals surface area contributed by atoms with Gasteiger partial charge in [0, 0.05) is 32.7 Å². The number of imide groups is 1. The topological polar surface area (TPSA) is 70.2 Å². The number of hydrogen-bond acceptors (Lipinski definition) is 5. The van der Waals surface area contributed by atoms with Crippen LogP contribution in [0.25, 0.3) is 0 Å². The molecule has 1 aromatic rings. The van der Waals surface area contributed by atoms with Gasteiger partial charge in [-0.05, 0) is 32.8 Å². The molecule has 2 fully saturated rings. The summed E-state index contributed by atoms with van der Waals surface area (Å²) in [5, 5.41) is 0. The molecule has 3 amide bonds. The maximum absolute atomic E-state index is 12.8. The third-order valence-electron chi connectivity index (χ3n) is 5.09. The zero-order valence-electron chi connectivity index (χ0n) is 16.9. The number of nitrogens with zero attached hydrogens (tertiary/aromatic N) is 3. The van der Waals surface area contributed by atoms with Crippen molar-refractivity contribution < 1.29 is 19.1 Å². The first-order chi connectivity index (χ1) is 13.2. The Hall–Kier alpha value is -2.41. The number of carbonyl (C=O) groups is 3. The summed E-state index contributed by atoms with van der Waals surface area (Å²) in [6.45, 7) is 8.06. The third-order valence-corrected chi connectivity index (χ3v) is 5.09. The molecular weight excluding hydrogens is 358 g/mol. The standard InChI is InChI=1S/C21H29N3O4/c1-21(2,3)28-20(27)23-13-11-22(12-14-23)17-15-18(25)24(19(17)26)10-9-16-7-5-4-6-8-16/h4-8,17H,9-15H2,1-3H3. The Kier molecular flexibility index (Phi) is 6.03. The first-order valence-electron chi connectivity index (χ1n) is 9.85. The second kappa shape index (κ2) is 8.31. The molecule has 0 N–H and O–H groups in total. The molecule has 7 heteroatoms. The van der Waals surface area contributed by atoms with Gasteiger partial charge in [-0.3, -0.25) is 19.4 Å². The molecule has 2 heterocycles. The highest BCUT2D eigenvalue weighted by Gasteiger charge is 2.42. The van der Waals surface area contributed by atoms with Gasteiger partial charge in [-0.15, -0.1) is 0 Å². The summed E-state index contributed by atoms with van der Waals surface area (Å²) in [6, 6.07) is 9.44. The molecule has 0 bridgehead atoms. The van der Waals surface area contributed by atoms with Crippen LogP contribution in [0.3, 0.4) is 0 Å². The van der Waals surface area contributed by atoms with Crippen molar-refractivity contribution >= 4 is 17.9 Å². The molecule has 152 valence electrons. The lowest BCUT2D eigenvalue weighted by Gasteiger charge is -2.37. The summed E-state index contributed by atoms with van der Waals surface area (Å²) >= 11 is 0. The molecule has 1 unspecified atom stereocenters. The van der Waals surface area contributed by atoms with Gasteiger partial charge in [0.1, 0.15) is 5.60 Å². The van der Waals surface area contributed by atoms with Gasteiger partial charge in [0.15, 0.2) is 0 Å². The largest absolute Gasteiger partial charge is 0.444 e. The maximum atomic E-state index is 12.8. The van der Waals surface area contributed by atoms with Crippen LogP contribution in [-0.2, 0) is 20.7 Å². The molecule has 2 saturated heterocycles. The van der Waals surface area contributed by atoms with Crippen LogP contribution in [0.15, 0.2) is 30.3 Å². The van der Waals surface area contributed by atoms with Crippen LogP contribution in [0.2, 0.25) is 0 Å². The molecule has 3 rings (SSSR count). The maximum Gasteiger partial charge on any atom is 0.410 e. The number of benzene rings is 1. The summed E-state index contributed by atoms with van der Waals surface area (Å²) in [5.41, 5.74) is 0.582. The van der Waals surface area contributed by atoms with E-state index in [1.165, 1.54) is 4.90 Å². The Bertz CT molecular complexity index is 721. The van der Waals surface area contributed by atoms with Gasteiger partial charge in [0.2, 0.25) is 11.8 Å². The highest BCUT2D eigenvalue weighted by Crippen LogP contribution is 2.21. The third kappa shape index (κ3) is 4.90.